The molecular formula is C11H10Br2N4O2. The Kier molecular flexibility index (Phi) is 3.91. The monoisotopic (exact) mass is 388 g/mol. The summed E-state index contributed by atoms with van der Waals surface area (Å²) in [6, 6.07) is 1.56. The van der Waals surface area contributed by atoms with Gasteiger partial charge in [-0.3, -0.25) is 0 Å². The van der Waals surface area contributed by atoms with E-state index in [1.165, 1.54) is 6.21 Å². The van der Waals surface area contributed by atoms with Gasteiger partial charge in [-0.1, -0.05) is 0 Å². The standard InChI is InChI=1S/C11H10Br2N4O2/c1-5-15-16-6(2)17(5)14-4-7-3-8(12)11(19)9(13)10(7)18/h3-4,18-19H,1-2H3/b14-4+. The Hall–Kier alpha value is -1.41. The van der Waals surface area contributed by atoms with Crippen molar-refractivity contribution < 1.29 is 10.2 Å². The summed E-state index contributed by atoms with van der Waals surface area (Å²) in [4.78, 5) is 0. The zero-order valence-corrected chi connectivity index (χ0v) is 13.3. The molecule has 0 unspecified atom stereocenters. The molecule has 2 rings (SSSR count). The summed E-state index contributed by atoms with van der Waals surface area (Å²) in [5, 5.41) is 31.5. The predicted molar refractivity (Wildman–Crippen MR) is 77.7 cm³/mol. The third kappa shape index (κ3) is 2.64. The van der Waals surface area contributed by atoms with Crippen LogP contribution in [0.25, 0.3) is 0 Å². The van der Waals surface area contributed by atoms with E-state index in [-0.39, 0.29) is 16.0 Å². The Morgan fingerprint density at radius 2 is 1.74 bits per heavy atom. The lowest BCUT2D eigenvalue weighted by molar-refractivity contribution is 0.441. The highest BCUT2D eigenvalue weighted by Gasteiger charge is 2.13. The second-order valence-electron chi connectivity index (χ2n) is 3.81. The third-order valence-electron chi connectivity index (χ3n) is 2.46. The molecule has 1 aromatic carbocycles. The average Bonchev–Trinajstić information content (AvgIpc) is 2.70. The van der Waals surface area contributed by atoms with Crippen molar-refractivity contribution in [2.45, 2.75) is 13.8 Å². The van der Waals surface area contributed by atoms with E-state index in [4.69, 9.17) is 0 Å². The Bertz CT molecular complexity index is 648. The van der Waals surface area contributed by atoms with Crippen LogP contribution in [-0.2, 0) is 0 Å². The van der Waals surface area contributed by atoms with Crippen LogP contribution in [-0.4, -0.2) is 31.3 Å². The van der Waals surface area contributed by atoms with Gasteiger partial charge in [-0.2, -0.15) is 5.10 Å². The second kappa shape index (κ2) is 5.30. The summed E-state index contributed by atoms with van der Waals surface area (Å²) in [6.45, 7) is 3.56. The van der Waals surface area contributed by atoms with Crippen molar-refractivity contribution in [2.75, 3.05) is 0 Å². The number of phenols is 2. The fourth-order valence-corrected chi connectivity index (χ4v) is 2.62. The van der Waals surface area contributed by atoms with Crippen molar-refractivity contribution in [2.24, 2.45) is 5.10 Å². The molecule has 0 bridgehead atoms. The summed E-state index contributed by atoms with van der Waals surface area (Å²) in [6.07, 6.45) is 1.47. The van der Waals surface area contributed by atoms with Crippen molar-refractivity contribution in [1.82, 2.24) is 14.9 Å². The van der Waals surface area contributed by atoms with Crippen molar-refractivity contribution in [3.63, 3.8) is 0 Å². The van der Waals surface area contributed by atoms with Crippen LogP contribution in [0.5, 0.6) is 11.5 Å². The first-order valence-electron chi connectivity index (χ1n) is 5.24. The first-order chi connectivity index (χ1) is 8.91. The molecule has 0 aliphatic heterocycles. The minimum atomic E-state index is -0.0900. The summed E-state index contributed by atoms with van der Waals surface area (Å²) in [7, 11) is 0. The van der Waals surface area contributed by atoms with Crippen molar-refractivity contribution in [3.8, 4) is 11.5 Å². The van der Waals surface area contributed by atoms with Gasteiger partial charge in [0.2, 0.25) is 0 Å². The smallest absolute Gasteiger partial charge is 0.151 e. The molecule has 0 aliphatic carbocycles. The maximum Gasteiger partial charge on any atom is 0.151 e. The Balaban J connectivity index is 2.45. The van der Waals surface area contributed by atoms with Gasteiger partial charge in [-0.05, 0) is 51.8 Å². The largest absolute Gasteiger partial charge is 0.506 e. The van der Waals surface area contributed by atoms with E-state index >= 15 is 0 Å². The van der Waals surface area contributed by atoms with E-state index < -0.39 is 0 Å². The normalized spacial score (nSPS) is 11.4. The molecule has 0 atom stereocenters. The summed E-state index contributed by atoms with van der Waals surface area (Å²) in [5.41, 5.74) is 0.448. The molecule has 1 heterocycles. The number of phenolic OH excluding ortho intramolecular Hbond substituents is 2. The molecule has 1 aromatic heterocycles. The third-order valence-corrected chi connectivity index (χ3v) is 3.82. The van der Waals surface area contributed by atoms with Crippen molar-refractivity contribution in [3.05, 3.63) is 32.2 Å². The summed E-state index contributed by atoms with van der Waals surface area (Å²) >= 11 is 6.30. The van der Waals surface area contributed by atoms with Crippen LogP contribution in [0.15, 0.2) is 20.1 Å². The molecule has 0 saturated carbocycles. The number of hydrogen-bond acceptors (Lipinski definition) is 5. The number of hydrogen-bond donors (Lipinski definition) is 2. The Morgan fingerprint density at radius 1 is 1.16 bits per heavy atom. The van der Waals surface area contributed by atoms with E-state index in [9.17, 15) is 10.2 Å². The highest BCUT2D eigenvalue weighted by atomic mass is 79.9. The SMILES string of the molecule is Cc1nnc(C)n1/N=C/c1cc(Br)c(O)c(Br)c1O. The number of aryl methyl sites for hydroxylation is 2. The lowest BCUT2D eigenvalue weighted by atomic mass is 10.2. The van der Waals surface area contributed by atoms with E-state index in [1.807, 2.05) is 0 Å². The van der Waals surface area contributed by atoms with Crippen LogP contribution in [0, 0.1) is 13.8 Å². The fourth-order valence-electron chi connectivity index (χ4n) is 1.47. The molecule has 0 saturated heterocycles. The zero-order valence-electron chi connectivity index (χ0n) is 10.1. The first kappa shape index (κ1) is 14.0. The maximum atomic E-state index is 9.91. The summed E-state index contributed by atoms with van der Waals surface area (Å²) in [5.74, 6) is 1.13. The zero-order chi connectivity index (χ0) is 14.2. The number of rotatable bonds is 2. The van der Waals surface area contributed by atoms with E-state index in [1.54, 1.807) is 24.6 Å². The lowest BCUT2D eigenvalue weighted by Gasteiger charge is -2.06. The number of halogens is 2. The van der Waals surface area contributed by atoms with Gasteiger partial charge < -0.3 is 10.2 Å². The van der Waals surface area contributed by atoms with E-state index in [0.29, 0.717) is 21.7 Å². The molecule has 0 aliphatic rings. The van der Waals surface area contributed by atoms with Crippen molar-refractivity contribution in [1.29, 1.82) is 0 Å². The maximum absolute atomic E-state index is 9.91. The van der Waals surface area contributed by atoms with Gasteiger partial charge in [-0.25, -0.2) is 4.68 Å². The molecule has 0 amide bonds. The summed E-state index contributed by atoms with van der Waals surface area (Å²) < 4.78 is 2.21. The van der Waals surface area contributed by atoms with E-state index in [0.717, 1.165) is 0 Å². The molecule has 2 aromatic rings. The Labute approximate surface area is 126 Å². The molecule has 2 N–H and O–H groups in total. The lowest BCUT2D eigenvalue weighted by Crippen LogP contribution is -1.96. The van der Waals surface area contributed by atoms with Crippen LogP contribution >= 0.6 is 31.9 Å². The number of benzene rings is 1. The molecule has 100 valence electrons. The molecule has 0 fully saturated rings. The molecule has 6 nitrogen and oxygen atoms in total. The van der Waals surface area contributed by atoms with Crippen LogP contribution < -0.4 is 0 Å². The van der Waals surface area contributed by atoms with Crippen LogP contribution in [0.4, 0.5) is 0 Å². The minimum Gasteiger partial charge on any atom is -0.506 e. The molecular weight excluding hydrogens is 380 g/mol. The molecule has 0 spiro atoms. The number of aromatic nitrogens is 3. The predicted octanol–water partition coefficient (Wildman–Crippen LogP) is 2.71. The average molecular weight is 390 g/mol. The van der Waals surface area contributed by atoms with Gasteiger partial charge >= 0.3 is 0 Å². The van der Waals surface area contributed by atoms with Crippen molar-refractivity contribution >= 4 is 38.1 Å². The second-order valence-corrected chi connectivity index (χ2v) is 5.46. The molecule has 8 heteroatoms. The fraction of sp³-hybridized carbons (Fsp3) is 0.182. The topological polar surface area (TPSA) is 83.5 Å². The van der Waals surface area contributed by atoms with Gasteiger partial charge in [0.05, 0.1) is 10.7 Å². The van der Waals surface area contributed by atoms with Gasteiger partial charge in [0.25, 0.3) is 0 Å². The molecule has 0 radical (unpaired) electrons. The highest BCUT2D eigenvalue weighted by Crippen LogP contribution is 2.40. The van der Waals surface area contributed by atoms with Crippen LogP contribution in [0.3, 0.4) is 0 Å². The quantitative estimate of drug-likeness (QED) is 0.773. The molecule has 19 heavy (non-hydrogen) atoms. The van der Waals surface area contributed by atoms with Gasteiger partial charge in [0, 0.05) is 5.56 Å². The Morgan fingerprint density at radius 3 is 2.32 bits per heavy atom. The first-order valence-corrected chi connectivity index (χ1v) is 6.83. The number of aromatic hydroxyl groups is 2. The van der Waals surface area contributed by atoms with Crippen LogP contribution in [0.2, 0.25) is 0 Å². The highest BCUT2D eigenvalue weighted by molar-refractivity contribution is 9.11. The van der Waals surface area contributed by atoms with E-state index in [2.05, 4.69) is 47.2 Å². The van der Waals surface area contributed by atoms with Crippen LogP contribution in [0.1, 0.15) is 17.2 Å². The minimum absolute atomic E-state index is 0.0636. The number of nitrogens with zero attached hydrogens (tertiary/aromatic N) is 4. The van der Waals surface area contributed by atoms with Gasteiger partial charge in [-0.15, -0.1) is 10.2 Å². The van der Waals surface area contributed by atoms with Gasteiger partial charge in [0.15, 0.2) is 11.6 Å². The van der Waals surface area contributed by atoms with Gasteiger partial charge in [0.1, 0.15) is 16.0 Å².